The first kappa shape index (κ1) is 16.4. The molecule has 1 aliphatic heterocycles. The van der Waals surface area contributed by atoms with Crippen molar-refractivity contribution in [2.45, 2.75) is 26.0 Å². The molecule has 0 saturated carbocycles. The molecule has 1 N–H and O–H groups in total. The highest BCUT2D eigenvalue weighted by molar-refractivity contribution is 7.80. The van der Waals surface area contributed by atoms with E-state index in [1.165, 1.54) is 18.1 Å². The summed E-state index contributed by atoms with van der Waals surface area (Å²) in [5.74, 6) is 0.103. The summed E-state index contributed by atoms with van der Waals surface area (Å²) in [6.45, 7) is -0.826. The number of nitrogens with zero attached hydrogens (tertiary/aromatic N) is 1. The van der Waals surface area contributed by atoms with Gasteiger partial charge in [0.1, 0.15) is 6.04 Å². The second-order valence-corrected chi connectivity index (χ2v) is 5.16. The Labute approximate surface area is 132 Å². The van der Waals surface area contributed by atoms with Gasteiger partial charge in [-0.15, -0.1) is 0 Å². The van der Waals surface area contributed by atoms with Crippen LogP contribution in [-0.2, 0) is 11.2 Å². The Morgan fingerprint density at radius 3 is 2.68 bits per heavy atom. The van der Waals surface area contributed by atoms with Gasteiger partial charge in [0.2, 0.25) is 0 Å². The van der Waals surface area contributed by atoms with E-state index in [1.807, 2.05) is 0 Å². The minimum absolute atomic E-state index is 0.0307. The molecule has 1 saturated heterocycles. The first-order chi connectivity index (χ1) is 10.4. The van der Waals surface area contributed by atoms with Gasteiger partial charge >= 0.3 is 6.61 Å². The molecule has 1 amide bonds. The van der Waals surface area contributed by atoms with Crippen LogP contribution in [0.15, 0.2) is 18.2 Å². The van der Waals surface area contributed by atoms with Crippen molar-refractivity contribution in [1.82, 2.24) is 10.2 Å². The SMILES string of the molecule is COc1ccc(CCN2C(=O)[C@H](C)NC2=S)cc1OC(F)F. The molecule has 1 atom stereocenters. The fraction of sp³-hybridized carbons (Fsp3) is 0.429. The Morgan fingerprint density at radius 2 is 2.14 bits per heavy atom. The maximum absolute atomic E-state index is 12.4. The van der Waals surface area contributed by atoms with Gasteiger partial charge in [0.05, 0.1) is 7.11 Å². The van der Waals surface area contributed by atoms with Crippen LogP contribution in [0.25, 0.3) is 0 Å². The Hall–Kier alpha value is -1.96. The molecule has 1 aromatic rings. The number of hydrogen-bond acceptors (Lipinski definition) is 4. The molecule has 120 valence electrons. The topological polar surface area (TPSA) is 50.8 Å². The Kier molecular flexibility index (Phi) is 5.12. The fourth-order valence-electron chi connectivity index (χ4n) is 2.18. The molecule has 0 radical (unpaired) electrons. The van der Waals surface area contributed by atoms with E-state index < -0.39 is 6.61 Å². The number of hydrogen-bond donors (Lipinski definition) is 1. The number of carbonyl (C=O) groups excluding carboxylic acids is 1. The van der Waals surface area contributed by atoms with Crippen LogP contribution < -0.4 is 14.8 Å². The van der Waals surface area contributed by atoms with Crippen molar-refractivity contribution >= 4 is 23.2 Å². The summed E-state index contributed by atoms with van der Waals surface area (Å²) in [4.78, 5) is 13.4. The van der Waals surface area contributed by atoms with E-state index in [0.717, 1.165) is 5.56 Å². The summed E-state index contributed by atoms with van der Waals surface area (Å²) >= 11 is 5.08. The number of nitrogens with one attached hydrogen (secondary N) is 1. The highest BCUT2D eigenvalue weighted by Crippen LogP contribution is 2.29. The van der Waals surface area contributed by atoms with Crippen molar-refractivity contribution in [3.05, 3.63) is 23.8 Å². The molecular formula is C14H16F2N2O3S. The van der Waals surface area contributed by atoms with E-state index in [-0.39, 0.29) is 23.4 Å². The Morgan fingerprint density at radius 1 is 1.41 bits per heavy atom. The molecule has 0 bridgehead atoms. The molecule has 0 spiro atoms. The lowest BCUT2D eigenvalue weighted by Crippen LogP contribution is -2.32. The van der Waals surface area contributed by atoms with Crippen LogP contribution in [0.5, 0.6) is 11.5 Å². The van der Waals surface area contributed by atoms with Gasteiger partial charge in [0, 0.05) is 6.54 Å². The van der Waals surface area contributed by atoms with Crippen molar-refractivity contribution in [3.8, 4) is 11.5 Å². The van der Waals surface area contributed by atoms with Crippen molar-refractivity contribution in [3.63, 3.8) is 0 Å². The molecule has 1 aromatic carbocycles. The molecule has 1 heterocycles. The number of ether oxygens (including phenoxy) is 2. The van der Waals surface area contributed by atoms with E-state index >= 15 is 0 Å². The standard InChI is InChI=1S/C14H16F2N2O3S/c1-8-12(19)18(14(22)17-8)6-5-9-3-4-10(20-2)11(7-9)21-13(15)16/h3-4,7-8,13H,5-6H2,1-2H3,(H,17,22)/t8-/m0/s1. The molecule has 8 heteroatoms. The molecule has 5 nitrogen and oxygen atoms in total. The number of halogens is 2. The summed E-state index contributed by atoms with van der Waals surface area (Å²) in [5, 5.41) is 3.26. The van der Waals surface area contributed by atoms with Crippen LogP contribution in [0.3, 0.4) is 0 Å². The largest absolute Gasteiger partial charge is 0.493 e. The molecular weight excluding hydrogens is 314 g/mol. The van der Waals surface area contributed by atoms with Gasteiger partial charge in [-0.1, -0.05) is 6.07 Å². The molecule has 0 unspecified atom stereocenters. The van der Waals surface area contributed by atoms with Crippen LogP contribution in [-0.4, -0.2) is 42.2 Å². The average molecular weight is 330 g/mol. The summed E-state index contributed by atoms with van der Waals surface area (Å²) in [6, 6.07) is 4.43. The van der Waals surface area contributed by atoms with Gasteiger partial charge in [-0.25, -0.2) is 0 Å². The minimum atomic E-state index is -2.93. The van der Waals surface area contributed by atoms with Crippen molar-refractivity contribution in [2.24, 2.45) is 0 Å². The lowest BCUT2D eigenvalue weighted by molar-refractivity contribution is -0.126. The Balaban J connectivity index is 2.07. The molecule has 1 fully saturated rings. The smallest absolute Gasteiger partial charge is 0.387 e. The predicted octanol–water partition coefficient (Wildman–Crippen LogP) is 1.94. The lowest BCUT2D eigenvalue weighted by Gasteiger charge is -2.16. The monoisotopic (exact) mass is 330 g/mol. The van der Waals surface area contributed by atoms with Crippen LogP contribution in [0, 0.1) is 0 Å². The highest BCUT2D eigenvalue weighted by Gasteiger charge is 2.31. The predicted molar refractivity (Wildman–Crippen MR) is 80.2 cm³/mol. The average Bonchev–Trinajstić information content (AvgIpc) is 2.70. The number of benzene rings is 1. The quantitative estimate of drug-likeness (QED) is 0.808. The Bertz CT molecular complexity index is 583. The fourth-order valence-corrected chi connectivity index (χ4v) is 2.53. The van der Waals surface area contributed by atoms with E-state index in [0.29, 0.717) is 18.1 Å². The lowest BCUT2D eigenvalue weighted by atomic mass is 10.1. The van der Waals surface area contributed by atoms with Gasteiger partial charge in [0.15, 0.2) is 16.6 Å². The first-order valence-electron chi connectivity index (χ1n) is 6.66. The zero-order chi connectivity index (χ0) is 16.3. The number of methoxy groups -OCH3 is 1. The second kappa shape index (κ2) is 6.87. The zero-order valence-electron chi connectivity index (χ0n) is 12.1. The van der Waals surface area contributed by atoms with E-state index in [1.54, 1.807) is 19.1 Å². The van der Waals surface area contributed by atoms with E-state index in [2.05, 4.69) is 10.1 Å². The first-order valence-corrected chi connectivity index (χ1v) is 7.06. The van der Waals surface area contributed by atoms with Crippen LogP contribution in [0.2, 0.25) is 0 Å². The van der Waals surface area contributed by atoms with Crippen LogP contribution in [0.1, 0.15) is 12.5 Å². The summed E-state index contributed by atoms with van der Waals surface area (Å²) in [6.07, 6.45) is 0.462. The highest BCUT2D eigenvalue weighted by atomic mass is 32.1. The second-order valence-electron chi connectivity index (χ2n) is 4.77. The zero-order valence-corrected chi connectivity index (χ0v) is 13.0. The van der Waals surface area contributed by atoms with Gasteiger partial charge in [-0.05, 0) is 43.3 Å². The normalized spacial score (nSPS) is 17.9. The molecule has 0 aliphatic carbocycles. The third-order valence-electron chi connectivity index (χ3n) is 3.29. The van der Waals surface area contributed by atoms with Crippen molar-refractivity contribution in [2.75, 3.05) is 13.7 Å². The maximum atomic E-state index is 12.4. The van der Waals surface area contributed by atoms with E-state index in [4.69, 9.17) is 17.0 Å². The van der Waals surface area contributed by atoms with Crippen LogP contribution >= 0.6 is 12.2 Å². The summed E-state index contributed by atoms with van der Waals surface area (Å²) < 4.78 is 34.2. The number of alkyl halides is 2. The van der Waals surface area contributed by atoms with Crippen molar-refractivity contribution in [1.29, 1.82) is 0 Å². The molecule has 2 rings (SSSR count). The van der Waals surface area contributed by atoms with Crippen LogP contribution in [0.4, 0.5) is 8.78 Å². The number of rotatable bonds is 6. The molecule has 22 heavy (non-hydrogen) atoms. The number of amides is 1. The van der Waals surface area contributed by atoms with Gasteiger partial charge < -0.3 is 14.8 Å². The van der Waals surface area contributed by atoms with E-state index in [9.17, 15) is 13.6 Å². The molecule has 1 aliphatic rings. The van der Waals surface area contributed by atoms with Crippen molar-refractivity contribution < 1.29 is 23.0 Å². The number of thiocarbonyl (C=S) groups is 1. The summed E-state index contributed by atoms with van der Waals surface area (Å²) in [5.41, 5.74) is 0.742. The summed E-state index contributed by atoms with van der Waals surface area (Å²) in [7, 11) is 1.38. The third-order valence-corrected chi connectivity index (χ3v) is 3.63. The van der Waals surface area contributed by atoms with Gasteiger partial charge in [-0.2, -0.15) is 8.78 Å². The molecule has 0 aromatic heterocycles. The minimum Gasteiger partial charge on any atom is -0.493 e. The maximum Gasteiger partial charge on any atom is 0.387 e. The number of carbonyl (C=O) groups is 1. The van der Waals surface area contributed by atoms with Gasteiger partial charge in [0.25, 0.3) is 5.91 Å². The third kappa shape index (κ3) is 3.62. The van der Waals surface area contributed by atoms with Gasteiger partial charge in [-0.3, -0.25) is 9.69 Å².